The SMILES string of the molecule is Cc1cccc(N(C(=O)c2csnn2)C(C(=O)NCc2ccccc2)c2cccnc2)c1. The van der Waals surface area contributed by atoms with Crippen molar-refractivity contribution < 1.29 is 9.59 Å². The van der Waals surface area contributed by atoms with Crippen LogP contribution in [0.15, 0.2) is 84.5 Å². The maximum Gasteiger partial charge on any atom is 0.280 e. The van der Waals surface area contributed by atoms with Crippen LogP contribution >= 0.6 is 11.5 Å². The molecule has 2 aromatic carbocycles. The number of carbonyl (C=O) groups is 2. The van der Waals surface area contributed by atoms with Gasteiger partial charge in [-0.15, -0.1) is 5.10 Å². The Morgan fingerprint density at radius 3 is 2.59 bits per heavy atom. The number of hydrogen-bond acceptors (Lipinski definition) is 6. The van der Waals surface area contributed by atoms with Crippen LogP contribution in [-0.2, 0) is 11.3 Å². The van der Waals surface area contributed by atoms with Gasteiger partial charge in [-0.05, 0) is 47.8 Å². The molecule has 0 fully saturated rings. The molecule has 0 spiro atoms. The van der Waals surface area contributed by atoms with Crippen molar-refractivity contribution in [2.45, 2.75) is 19.5 Å². The molecule has 4 rings (SSSR count). The highest BCUT2D eigenvalue weighted by Crippen LogP contribution is 2.30. The second kappa shape index (κ2) is 9.93. The van der Waals surface area contributed by atoms with Crippen LogP contribution in [0.25, 0.3) is 0 Å². The summed E-state index contributed by atoms with van der Waals surface area (Å²) in [5.41, 5.74) is 3.29. The first-order chi connectivity index (χ1) is 15.6. The van der Waals surface area contributed by atoms with Crippen molar-refractivity contribution in [1.82, 2.24) is 19.9 Å². The average Bonchev–Trinajstić information content (AvgIpc) is 3.37. The van der Waals surface area contributed by atoms with Crippen LogP contribution in [0.3, 0.4) is 0 Å². The summed E-state index contributed by atoms with van der Waals surface area (Å²) in [6.45, 7) is 2.27. The van der Waals surface area contributed by atoms with E-state index < -0.39 is 11.9 Å². The van der Waals surface area contributed by atoms with E-state index in [1.165, 1.54) is 4.90 Å². The lowest BCUT2D eigenvalue weighted by molar-refractivity contribution is -0.122. The topological polar surface area (TPSA) is 88.1 Å². The van der Waals surface area contributed by atoms with Crippen molar-refractivity contribution >= 4 is 29.0 Å². The molecule has 0 aliphatic heterocycles. The third-order valence-electron chi connectivity index (χ3n) is 4.89. The van der Waals surface area contributed by atoms with E-state index in [0.29, 0.717) is 17.8 Å². The van der Waals surface area contributed by atoms with Crippen molar-refractivity contribution in [1.29, 1.82) is 0 Å². The van der Waals surface area contributed by atoms with E-state index in [9.17, 15) is 9.59 Å². The van der Waals surface area contributed by atoms with Crippen molar-refractivity contribution in [3.05, 3.63) is 107 Å². The lowest BCUT2D eigenvalue weighted by atomic mass is 10.0. The van der Waals surface area contributed by atoms with Crippen LogP contribution in [0.1, 0.15) is 33.2 Å². The number of aryl methyl sites for hydroxylation is 1. The molecule has 1 atom stereocenters. The minimum absolute atomic E-state index is 0.182. The number of benzene rings is 2. The largest absolute Gasteiger partial charge is 0.350 e. The van der Waals surface area contributed by atoms with Gasteiger partial charge in [0.25, 0.3) is 5.91 Å². The van der Waals surface area contributed by atoms with Gasteiger partial charge in [-0.3, -0.25) is 19.5 Å². The van der Waals surface area contributed by atoms with Crippen molar-refractivity contribution in [2.24, 2.45) is 0 Å². The summed E-state index contributed by atoms with van der Waals surface area (Å²) in [6.07, 6.45) is 3.23. The standard InChI is InChI=1S/C24H21N5O2S/c1-17-7-5-11-20(13-17)29(24(31)21-16-32-28-27-21)22(19-10-6-12-25-15-19)23(30)26-14-18-8-3-2-4-9-18/h2-13,15-16,22H,14H2,1H3,(H,26,30). The fraction of sp³-hybridized carbons (Fsp3) is 0.125. The summed E-state index contributed by atoms with van der Waals surface area (Å²) < 4.78 is 3.82. The van der Waals surface area contributed by atoms with Gasteiger partial charge >= 0.3 is 0 Å². The first-order valence-corrected chi connectivity index (χ1v) is 10.9. The van der Waals surface area contributed by atoms with E-state index >= 15 is 0 Å². The number of hydrogen-bond donors (Lipinski definition) is 1. The molecule has 2 amide bonds. The number of nitrogens with zero attached hydrogens (tertiary/aromatic N) is 4. The molecular weight excluding hydrogens is 422 g/mol. The molecule has 160 valence electrons. The van der Waals surface area contributed by atoms with Gasteiger partial charge in [0, 0.05) is 35.6 Å². The summed E-state index contributed by atoms with van der Waals surface area (Å²) in [5, 5.41) is 8.49. The summed E-state index contributed by atoms with van der Waals surface area (Å²) >= 11 is 1.09. The summed E-state index contributed by atoms with van der Waals surface area (Å²) in [4.78, 5) is 32.7. The predicted molar refractivity (Wildman–Crippen MR) is 123 cm³/mol. The van der Waals surface area contributed by atoms with Gasteiger partial charge in [0.05, 0.1) is 0 Å². The molecule has 32 heavy (non-hydrogen) atoms. The molecule has 0 aliphatic rings. The molecule has 0 aliphatic carbocycles. The number of anilines is 1. The van der Waals surface area contributed by atoms with Gasteiger partial charge < -0.3 is 5.32 Å². The molecule has 7 nitrogen and oxygen atoms in total. The fourth-order valence-electron chi connectivity index (χ4n) is 3.38. The van der Waals surface area contributed by atoms with Crippen molar-refractivity contribution in [3.63, 3.8) is 0 Å². The van der Waals surface area contributed by atoms with Crippen LogP contribution in [0.5, 0.6) is 0 Å². The summed E-state index contributed by atoms with van der Waals surface area (Å²) in [7, 11) is 0. The smallest absolute Gasteiger partial charge is 0.280 e. The molecule has 2 aromatic heterocycles. The molecule has 0 radical (unpaired) electrons. The van der Waals surface area contributed by atoms with Crippen LogP contribution < -0.4 is 10.2 Å². The van der Waals surface area contributed by atoms with Crippen molar-refractivity contribution in [2.75, 3.05) is 4.90 Å². The molecule has 4 aromatic rings. The normalized spacial score (nSPS) is 11.5. The van der Waals surface area contributed by atoms with Gasteiger partial charge in [-0.2, -0.15) is 0 Å². The zero-order valence-electron chi connectivity index (χ0n) is 17.4. The van der Waals surface area contributed by atoms with E-state index in [1.807, 2.05) is 55.5 Å². The number of nitrogens with one attached hydrogen (secondary N) is 1. The van der Waals surface area contributed by atoms with E-state index in [4.69, 9.17) is 0 Å². The van der Waals surface area contributed by atoms with E-state index in [0.717, 1.165) is 22.7 Å². The number of carbonyl (C=O) groups excluding carboxylic acids is 2. The van der Waals surface area contributed by atoms with Crippen LogP contribution in [0, 0.1) is 6.92 Å². The highest BCUT2D eigenvalue weighted by Gasteiger charge is 2.34. The quantitative estimate of drug-likeness (QED) is 0.467. The Hall–Kier alpha value is -3.91. The summed E-state index contributed by atoms with van der Waals surface area (Å²) in [5.74, 6) is -0.729. The lowest BCUT2D eigenvalue weighted by Gasteiger charge is -2.31. The first kappa shape index (κ1) is 21.3. The Morgan fingerprint density at radius 1 is 1.06 bits per heavy atom. The Morgan fingerprint density at radius 2 is 1.91 bits per heavy atom. The van der Waals surface area contributed by atoms with Gasteiger partial charge in [0.2, 0.25) is 5.91 Å². The minimum atomic E-state index is -0.941. The highest BCUT2D eigenvalue weighted by atomic mass is 32.1. The molecular formula is C24H21N5O2S. The summed E-state index contributed by atoms with van der Waals surface area (Å²) in [6, 6.07) is 19.7. The lowest BCUT2D eigenvalue weighted by Crippen LogP contribution is -2.44. The van der Waals surface area contributed by atoms with Gasteiger partial charge in [0.15, 0.2) is 5.69 Å². The monoisotopic (exact) mass is 443 g/mol. The molecule has 1 unspecified atom stereocenters. The highest BCUT2D eigenvalue weighted by molar-refractivity contribution is 7.03. The molecule has 0 bridgehead atoms. The Kier molecular flexibility index (Phi) is 6.62. The molecule has 0 saturated heterocycles. The number of pyridine rings is 1. The Labute approximate surface area is 189 Å². The van der Waals surface area contributed by atoms with Crippen LogP contribution in [0.2, 0.25) is 0 Å². The maximum atomic E-state index is 13.5. The molecule has 1 N–H and O–H groups in total. The van der Waals surface area contributed by atoms with E-state index in [1.54, 1.807) is 36.0 Å². The van der Waals surface area contributed by atoms with Gasteiger partial charge in [0.1, 0.15) is 6.04 Å². The van der Waals surface area contributed by atoms with E-state index in [2.05, 4.69) is 19.9 Å². The molecule has 2 heterocycles. The van der Waals surface area contributed by atoms with Crippen LogP contribution in [0.4, 0.5) is 5.69 Å². The van der Waals surface area contributed by atoms with Crippen molar-refractivity contribution in [3.8, 4) is 0 Å². The molecule has 0 saturated carbocycles. The predicted octanol–water partition coefficient (Wildman–Crippen LogP) is 3.95. The fourth-order valence-corrected chi connectivity index (χ4v) is 3.81. The maximum absolute atomic E-state index is 13.5. The van der Waals surface area contributed by atoms with Crippen LogP contribution in [-0.4, -0.2) is 26.4 Å². The van der Waals surface area contributed by atoms with Gasteiger partial charge in [-0.25, -0.2) is 0 Å². The second-order valence-corrected chi connectivity index (χ2v) is 7.81. The Balaban J connectivity index is 1.76. The zero-order valence-corrected chi connectivity index (χ0v) is 18.2. The zero-order chi connectivity index (χ0) is 22.3. The Bertz CT molecular complexity index is 1180. The average molecular weight is 444 g/mol. The van der Waals surface area contributed by atoms with E-state index in [-0.39, 0.29) is 11.6 Å². The third-order valence-corrected chi connectivity index (χ3v) is 5.40. The van der Waals surface area contributed by atoms with Gasteiger partial charge in [-0.1, -0.05) is 53.0 Å². The second-order valence-electron chi connectivity index (χ2n) is 7.20. The number of amides is 2. The molecule has 8 heteroatoms. The minimum Gasteiger partial charge on any atom is -0.350 e. The first-order valence-electron chi connectivity index (χ1n) is 10.0. The third kappa shape index (κ3) is 4.87. The number of rotatable bonds is 7. The number of aromatic nitrogens is 3.